The van der Waals surface area contributed by atoms with Gasteiger partial charge in [0, 0.05) is 17.1 Å². The normalized spacial score (nSPS) is 10.9. The number of nitrogens with one attached hydrogen (secondary N) is 1. The largest absolute Gasteiger partial charge is 0.357 e. The summed E-state index contributed by atoms with van der Waals surface area (Å²) in [6.07, 6.45) is 0.707. The van der Waals surface area contributed by atoms with Crippen molar-refractivity contribution in [2.24, 2.45) is 0 Å². The number of H-pyrrole nitrogens is 1. The van der Waals surface area contributed by atoms with Crippen molar-refractivity contribution in [2.45, 2.75) is 13.3 Å². The van der Waals surface area contributed by atoms with Crippen LogP contribution in [0.2, 0.25) is 5.02 Å². The Kier molecular flexibility index (Phi) is 2.49. The third kappa shape index (κ3) is 1.75. The van der Waals surface area contributed by atoms with Crippen molar-refractivity contribution in [1.82, 2.24) is 4.98 Å². The first-order chi connectivity index (χ1) is 7.11. The Hall–Kier alpha value is -1.35. The van der Waals surface area contributed by atoms with Crippen molar-refractivity contribution < 1.29 is 4.39 Å². The number of aryl methyl sites for hydroxylation is 1. The minimum atomic E-state index is -0.498. The quantitative estimate of drug-likeness (QED) is 0.795. The van der Waals surface area contributed by atoms with E-state index in [1.807, 2.05) is 6.92 Å². The van der Waals surface area contributed by atoms with E-state index < -0.39 is 5.82 Å². The Bertz CT molecular complexity index is 577. The second-order valence-electron chi connectivity index (χ2n) is 3.32. The van der Waals surface area contributed by atoms with Crippen molar-refractivity contribution >= 4 is 22.5 Å². The summed E-state index contributed by atoms with van der Waals surface area (Å²) in [5.41, 5.74) is 1.09. The number of fused-ring (bicyclic) bond motifs is 1. The fraction of sp³-hybridized carbons (Fsp3) is 0.182. The lowest BCUT2D eigenvalue weighted by Gasteiger charge is -2.03. The fourth-order valence-corrected chi connectivity index (χ4v) is 1.77. The summed E-state index contributed by atoms with van der Waals surface area (Å²) in [6, 6.07) is 3.86. The SMILES string of the molecule is CCc1cc(=O)c2cc(F)cc(Cl)c2[nH]1. The average molecular weight is 226 g/mol. The highest BCUT2D eigenvalue weighted by molar-refractivity contribution is 6.35. The van der Waals surface area contributed by atoms with Crippen LogP contribution in [0.5, 0.6) is 0 Å². The second kappa shape index (κ2) is 3.66. The molecule has 0 spiro atoms. The monoisotopic (exact) mass is 225 g/mol. The van der Waals surface area contributed by atoms with Crippen LogP contribution >= 0.6 is 11.6 Å². The van der Waals surface area contributed by atoms with Gasteiger partial charge in [-0.3, -0.25) is 4.79 Å². The Morgan fingerprint density at radius 3 is 2.80 bits per heavy atom. The molecule has 0 saturated heterocycles. The van der Waals surface area contributed by atoms with E-state index in [-0.39, 0.29) is 15.8 Å². The fourth-order valence-electron chi connectivity index (χ4n) is 1.52. The van der Waals surface area contributed by atoms with Crippen molar-refractivity contribution in [3.05, 3.63) is 45.0 Å². The number of benzene rings is 1. The number of hydrogen-bond acceptors (Lipinski definition) is 1. The molecule has 0 saturated carbocycles. The molecule has 1 aromatic heterocycles. The zero-order chi connectivity index (χ0) is 11.0. The minimum Gasteiger partial charge on any atom is -0.357 e. The van der Waals surface area contributed by atoms with Crippen LogP contribution in [-0.2, 0) is 6.42 Å². The summed E-state index contributed by atoms with van der Waals surface area (Å²) >= 11 is 5.85. The van der Waals surface area contributed by atoms with E-state index in [1.54, 1.807) is 0 Å². The average Bonchev–Trinajstić information content (AvgIpc) is 2.19. The molecular formula is C11H9ClFNO. The predicted octanol–water partition coefficient (Wildman–Crippen LogP) is 2.88. The van der Waals surface area contributed by atoms with Crippen LogP contribution in [0, 0.1) is 5.82 Å². The van der Waals surface area contributed by atoms with E-state index in [2.05, 4.69) is 4.98 Å². The summed E-state index contributed by atoms with van der Waals surface area (Å²) in [5, 5.41) is 0.523. The van der Waals surface area contributed by atoms with Gasteiger partial charge in [0.05, 0.1) is 10.5 Å². The van der Waals surface area contributed by atoms with Crippen LogP contribution in [0.15, 0.2) is 23.0 Å². The highest BCUT2D eigenvalue weighted by atomic mass is 35.5. The molecule has 2 aromatic rings. The van der Waals surface area contributed by atoms with Crippen LogP contribution in [0.4, 0.5) is 4.39 Å². The lowest BCUT2D eigenvalue weighted by atomic mass is 10.1. The zero-order valence-corrected chi connectivity index (χ0v) is 8.86. The zero-order valence-electron chi connectivity index (χ0n) is 8.10. The number of aromatic amines is 1. The van der Waals surface area contributed by atoms with Gasteiger partial charge < -0.3 is 4.98 Å². The van der Waals surface area contributed by atoms with Crippen molar-refractivity contribution in [3.63, 3.8) is 0 Å². The molecule has 0 atom stereocenters. The van der Waals surface area contributed by atoms with Gasteiger partial charge in [-0.1, -0.05) is 18.5 Å². The van der Waals surface area contributed by atoms with Crippen LogP contribution in [0.3, 0.4) is 0 Å². The minimum absolute atomic E-state index is 0.206. The van der Waals surface area contributed by atoms with Gasteiger partial charge in [0.1, 0.15) is 5.82 Å². The molecule has 4 heteroatoms. The number of aromatic nitrogens is 1. The first kappa shape index (κ1) is 10.2. The van der Waals surface area contributed by atoms with E-state index in [0.29, 0.717) is 11.9 Å². The molecule has 0 bridgehead atoms. The molecule has 2 rings (SSSR count). The van der Waals surface area contributed by atoms with Gasteiger partial charge in [-0.2, -0.15) is 0 Å². The summed E-state index contributed by atoms with van der Waals surface area (Å²) in [7, 11) is 0. The van der Waals surface area contributed by atoms with Crippen LogP contribution in [0.1, 0.15) is 12.6 Å². The Labute approximate surface area is 90.7 Å². The van der Waals surface area contributed by atoms with E-state index in [1.165, 1.54) is 18.2 Å². The molecule has 0 fully saturated rings. The summed E-state index contributed by atoms with van der Waals surface area (Å²) in [6.45, 7) is 1.93. The number of rotatable bonds is 1. The van der Waals surface area contributed by atoms with E-state index in [9.17, 15) is 9.18 Å². The molecule has 1 heterocycles. The maximum Gasteiger partial charge on any atom is 0.189 e. The second-order valence-corrected chi connectivity index (χ2v) is 3.73. The molecule has 1 aromatic carbocycles. The van der Waals surface area contributed by atoms with Gasteiger partial charge >= 0.3 is 0 Å². The van der Waals surface area contributed by atoms with Crippen LogP contribution < -0.4 is 5.43 Å². The maximum absolute atomic E-state index is 13.0. The van der Waals surface area contributed by atoms with E-state index >= 15 is 0 Å². The first-order valence-corrected chi connectivity index (χ1v) is 5.00. The summed E-state index contributed by atoms with van der Waals surface area (Å²) in [4.78, 5) is 14.6. The lowest BCUT2D eigenvalue weighted by Crippen LogP contribution is -2.05. The molecule has 0 unspecified atom stereocenters. The van der Waals surface area contributed by atoms with Crippen molar-refractivity contribution in [3.8, 4) is 0 Å². The van der Waals surface area contributed by atoms with Crippen molar-refractivity contribution in [2.75, 3.05) is 0 Å². The summed E-state index contributed by atoms with van der Waals surface area (Å²) in [5.74, 6) is -0.498. The molecule has 0 aliphatic heterocycles. The lowest BCUT2D eigenvalue weighted by molar-refractivity contribution is 0.629. The Morgan fingerprint density at radius 2 is 2.13 bits per heavy atom. The Balaban J connectivity index is 2.91. The van der Waals surface area contributed by atoms with Crippen molar-refractivity contribution in [1.29, 1.82) is 0 Å². The predicted molar refractivity (Wildman–Crippen MR) is 58.9 cm³/mol. The molecule has 2 nitrogen and oxygen atoms in total. The summed E-state index contributed by atoms with van der Waals surface area (Å²) < 4.78 is 13.0. The third-order valence-corrected chi connectivity index (χ3v) is 2.59. The molecule has 0 aliphatic carbocycles. The molecule has 78 valence electrons. The highest BCUT2D eigenvalue weighted by Crippen LogP contribution is 2.21. The van der Waals surface area contributed by atoms with E-state index in [4.69, 9.17) is 11.6 Å². The molecular weight excluding hydrogens is 217 g/mol. The van der Waals surface area contributed by atoms with Gasteiger partial charge in [0.25, 0.3) is 0 Å². The van der Waals surface area contributed by atoms with Gasteiger partial charge in [0.15, 0.2) is 5.43 Å². The number of hydrogen-bond donors (Lipinski definition) is 1. The molecule has 0 amide bonds. The third-order valence-electron chi connectivity index (χ3n) is 2.29. The van der Waals surface area contributed by atoms with Gasteiger partial charge in [-0.05, 0) is 18.6 Å². The maximum atomic E-state index is 13.0. The smallest absolute Gasteiger partial charge is 0.189 e. The number of halogens is 2. The standard InChI is InChI=1S/C11H9ClFNO/c1-2-7-5-10(15)8-3-6(13)4-9(12)11(8)14-7/h3-5H,2H2,1H3,(H,14,15). The highest BCUT2D eigenvalue weighted by Gasteiger charge is 2.06. The molecule has 1 N–H and O–H groups in total. The van der Waals surface area contributed by atoms with Crippen LogP contribution in [-0.4, -0.2) is 4.98 Å². The van der Waals surface area contributed by atoms with Gasteiger partial charge in [-0.15, -0.1) is 0 Å². The van der Waals surface area contributed by atoms with Gasteiger partial charge in [-0.25, -0.2) is 4.39 Å². The van der Waals surface area contributed by atoms with E-state index in [0.717, 1.165) is 5.69 Å². The molecule has 15 heavy (non-hydrogen) atoms. The topological polar surface area (TPSA) is 32.9 Å². The molecule has 0 aliphatic rings. The first-order valence-electron chi connectivity index (χ1n) is 4.62. The van der Waals surface area contributed by atoms with Crippen LogP contribution in [0.25, 0.3) is 10.9 Å². The van der Waals surface area contributed by atoms with Gasteiger partial charge in [0.2, 0.25) is 0 Å². The Morgan fingerprint density at radius 1 is 1.40 bits per heavy atom. The molecule has 0 radical (unpaired) electrons. The number of pyridine rings is 1.